The van der Waals surface area contributed by atoms with Gasteiger partial charge in [0.1, 0.15) is 0 Å². The van der Waals surface area contributed by atoms with Crippen LogP contribution in [0.4, 0.5) is 19.0 Å². The summed E-state index contributed by atoms with van der Waals surface area (Å²) in [7, 11) is 0. The summed E-state index contributed by atoms with van der Waals surface area (Å²) < 4.78 is 36.6. The van der Waals surface area contributed by atoms with E-state index in [0.717, 1.165) is 6.07 Å². The highest BCUT2D eigenvalue weighted by Crippen LogP contribution is 2.33. The number of alkyl halides is 3. The van der Waals surface area contributed by atoms with E-state index in [1.165, 1.54) is 0 Å². The number of aliphatic imine (C=N–C) groups is 1. The SMILES string of the molecule is FC(F)(F)c1cnc(N=C=S)c(Br)c1. The number of halogens is 4. The van der Waals surface area contributed by atoms with Gasteiger partial charge in [-0.25, -0.2) is 4.98 Å². The van der Waals surface area contributed by atoms with Gasteiger partial charge in [0.25, 0.3) is 0 Å². The molecule has 74 valence electrons. The van der Waals surface area contributed by atoms with Crippen LogP contribution < -0.4 is 0 Å². The number of pyridine rings is 1. The lowest BCUT2D eigenvalue weighted by atomic mass is 10.3. The average Bonchev–Trinajstić information content (AvgIpc) is 2.07. The smallest absolute Gasteiger partial charge is 0.235 e. The van der Waals surface area contributed by atoms with Crippen LogP contribution in [-0.2, 0) is 6.18 Å². The molecule has 0 radical (unpaired) electrons. The van der Waals surface area contributed by atoms with E-state index in [9.17, 15) is 13.2 Å². The Hall–Kier alpha value is -0.780. The first-order valence-electron chi connectivity index (χ1n) is 3.26. The van der Waals surface area contributed by atoms with E-state index in [4.69, 9.17) is 0 Å². The van der Waals surface area contributed by atoms with E-state index in [0.29, 0.717) is 6.20 Å². The quantitative estimate of drug-likeness (QED) is 0.581. The van der Waals surface area contributed by atoms with Gasteiger partial charge in [-0.15, -0.1) is 0 Å². The standard InChI is InChI=1S/C7H2BrF3N2S/c8-5-1-4(7(9,10)11)2-12-6(5)13-3-14/h1-2H. The molecule has 0 fully saturated rings. The molecule has 1 aromatic heterocycles. The number of hydrogen-bond donors (Lipinski definition) is 0. The fourth-order valence-corrected chi connectivity index (χ4v) is 1.24. The van der Waals surface area contributed by atoms with Crippen LogP contribution in [0, 0.1) is 0 Å². The molecule has 0 saturated carbocycles. The van der Waals surface area contributed by atoms with Gasteiger partial charge < -0.3 is 0 Å². The fourth-order valence-electron chi connectivity index (χ4n) is 0.711. The fraction of sp³-hybridized carbons (Fsp3) is 0.143. The molecular formula is C7H2BrF3N2S. The highest BCUT2D eigenvalue weighted by Gasteiger charge is 2.31. The summed E-state index contributed by atoms with van der Waals surface area (Å²) in [6.07, 6.45) is -3.72. The van der Waals surface area contributed by atoms with Gasteiger partial charge in [-0.1, -0.05) is 0 Å². The summed E-state index contributed by atoms with van der Waals surface area (Å²) in [5.41, 5.74) is -0.840. The molecule has 1 rings (SSSR count). The van der Waals surface area contributed by atoms with Crippen LogP contribution in [0.5, 0.6) is 0 Å². The minimum atomic E-state index is -4.41. The van der Waals surface area contributed by atoms with Crippen molar-refractivity contribution >= 4 is 39.1 Å². The Morgan fingerprint density at radius 2 is 2.14 bits per heavy atom. The van der Waals surface area contributed by atoms with Crippen molar-refractivity contribution in [2.45, 2.75) is 6.18 Å². The number of thiocarbonyl (C=S) groups is 1. The summed E-state index contributed by atoms with van der Waals surface area (Å²) in [6.45, 7) is 0. The van der Waals surface area contributed by atoms with Crippen LogP contribution >= 0.6 is 28.1 Å². The van der Waals surface area contributed by atoms with E-state index in [1.54, 1.807) is 0 Å². The molecule has 0 amide bonds. The van der Waals surface area contributed by atoms with E-state index >= 15 is 0 Å². The first-order chi connectivity index (χ1) is 6.45. The molecule has 0 spiro atoms. The predicted octanol–water partition coefficient (Wildman–Crippen LogP) is 3.60. The van der Waals surface area contributed by atoms with Gasteiger partial charge in [-0.2, -0.15) is 18.2 Å². The van der Waals surface area contributed by atoms with Crippen LogP contribution in [0.2, 0.25) is 0 Å². The van der Waals surface area contributed by atoms with Gasteiger partial charge in [0.15, 0.2) is 5.82 Å². The first kappa shape index (κ1) is 11.3. The highest BCUT2D eigenvalue weighted by molar-refractivity contribution is 9.10. The van der Waals surface area contributed by atoms with E-state index in [2.05, 4.69) is 38.1 Å². The summed E-state index contributed by atoms with van der Waals surface area (Å²) in [5, 5.41) is 2.02. The van der Waals surface area contributed by atoms with Crippen molar-refractivity contribution in [2.24, 2.45) is 4.99 Å². The molecule has 7 heteroatoms. The Bertz CT molecular complexity index is 398. The summed E-state index contributed by atoms with van der Waals surface area (Å²) in [6, 6.07) is 0.887. The zero-order valence-corrected chi connectivity index (χ0v) is 8.87. The van der Waals surface area contributed by atoms with Gasteiger partial charge in [0.05, 0.1) is 15.2 Å². The third kappa shape index (κ3) is 2.60. The number of nitrogens with zero attached hydrogens (tertiary/aromatic N) is 2. The lowest BCUT2D eigenvalue weighted by Crippen LogP contribution is -2.05. The second-order valence-corrected chi connectivity index (χ2v) is 3.27. The summed E-state index contributed by atoms with van der Waals surface area (Å²) >= 11 is 7.20. The van der Waals surface area contributed by atoms with Crippen LogP contribution in [0.3, 0.4) is 0 Å². The Labute approximate surface area is 91.0 Å². The monoisotopic (exact) mass is 282 g/mol. The van der Waals surface area contributed by atoms with Crippen LogP contribution in [-0.4, -0.2) is 10.1 Å². The molecule has 0 unspecified atom stereocenters. The third-order valence-electron chi connectivity index (χ3n) is 1.30. The molecule has 0 atom stereocenters. The molecule has 0 aliphatic heterocycles. The minimum Gasteiger partial charge on any atom is -0.235 e. The average molecular weight is 283 g/mol. The molecule has 2 nitrogen and oxygen atoms in total. The predicted molar refractivity (Wildman–Crippen MR) is 51.6 cm³/mol. The lowest BCUT2D eigenvalue weighted by molar-refractivity contribution is -0.137. The van der Waals surface area contributed by atoms with E-state index in [-0.39, 0.29) is 10.3 Å². The van der Waals surface area contributed by atoms with Crippen molar-refractivity contribution in [2.75, 3.05) is 0 Å². The van der Waals surface area contributed by atoms with Crippen LogP contribution in [0.1, 0.15) is 5.56 Å². The Morgan fingerprint density at radius 1 is 1.50 bits per heavy atom. The van der Waals surface area contributed by atoms with Crippen molar-refractivity contribution < 1.29 is 13.2 Å². The maximum atomic E-state index is 12.2. The van der Waals surface area contributed by atoms with Gasteiger partial charge in [-0.3, -0.25) is 0 Å². The number of hydrogen-bond acceptors (Lipinski definition) is 3. The topological polar surface area (TPSA) is 25.2 Å². The minimum absolute atomic E-state index is 0.0769. The molecule has 1 heterocycles. The lowest BCUT2D eigenvalue weighted by Gasteiger charge is -2.06. The maximum Gasteiger partial charge on any atom is 0.417 e. The van der Waals surface area contributed by atoms with Crippen molar-refractivity contribution in [3.05, 3.63) is 22.3 Å². The van der Waals surface area contributed by atoms with E-state index in [1.807, 2.05) is 5.16 Å². The molecule has 14 heavy (non-hydrogen) atoms. The highest BCUT2D eigenvalue weighted by atomic mass is 79.9. The maximum absolute atomic E-state index is 12.2. The molecule has 0 N–H and O–H groups in total. The van der Waals surface area contributed by atoms with Crippen molar-refractivity contribution in [1.82, 2.24) is 4.98 Å². The Morgan fingerprint density at radius 3 is 2.57 bits per heavy atom. The van der Waals surface area contributed by atoms with Gasteiger partial charge in [-0.05, 0) is 34.2 Å². The zero-order valence-electron chi connectivity index (χ0n) is 6.47. The van der Waals surface area contributed by atoms with E-state index < -0.39 is 11.7 Å². The number of aromatic nitrogens is 1. The molecule has 1 aromatic rings. The molecule has 0 bridgehead atoms. The van der Waals surface area contributed by atoms with Gasteiger partial charge >= 0.3 is 6.18 Å². The zero-order chi connectivity index (χ0) is 10.8. The molecule has 0 aliphatic rings. The molecule has 0 aromatic carbocycles. The van der Waals surface area contributed by atoms with Crippen LogP contribution in [0.25, 0.3) is 0 Å². The van der Waals surface area contributed by atoms with Crippen LogP contribution in [0.15, 0.2) is 21.7 Å². The normalized spacial score (nSPS) is 10.9. The third-order valence-corrected chi connectivity index (χ3v) is 1.98. The molecular weight excluding hydrogens is 281 g/mol. The summed E-state index contributed by atoms with van der Waals surface area (Å²) in [4.78, 5) is 6.94. The second kappa shape index (κ2) is 4.16. The summed E-state index contributed by atoms with van der Waals surface area (Å²) in [5.74, 6) is 0.0769. The largest absolute Gasteiger partial charge is 0.417 e. The van der Waals surface area contributed by atoms with Crippen molar-refractivity contribution in [3.8, 4) is 0 Å². The molecule has 0 aliphatic carbocycles. The van der Waals surface area contributed by atoms with Gasteiger partial charge in [0, 0.05) is 6.20 Å². The number of rotatable bonds is 1. The van der Waals surface area contributed by atoms with Crippen molar-refractivity contribution in [3.63, 3.8) is 0 Å². The Kier molecular flexibility index (Phi) is 3.36. The van der Waals surface area contributed by atoms with Crippen molar-refractivity contribution in [1.29, 1.82) is 0 Å². The van der Waals surface area contributed by atoms with Gasteiger partial charge in [0.2, 0.25) is 0 Å². The Balaban J connectivity index is 3.19. The first-order valence-corrected chi connectivity index (χ1v) is 4.46. The molecule has 0 saturated heterocycles. The number of isothiocyanates is 1. The second-order valence-electron chi connectivity index (χ2n) is 2.23.